The van der Waals surface area contributed by atoms with Gasteiger partial charge in [0.25, 0.3) is 0 Å². The highest BCUT2D eigenvalue weighted by molar-refractivity contribution is 6.35. The fraction of sp³-hybridized carbons (Fsp3) is 0.0625. The summed E-state index contributed by atoms with van der Waals surface area (Å²) in [7, 11) is 1.29. The molecule has 3 aromatic rings. The van der Waals surface area contributed by atoms with Crippen molar-refractivity contribution < 1.29 is 9.53 Å². The SMILES string of the molecule is COC(=O)c1nn(-c2ccccn2)c(-c2ccccc2)c1Cl. The smallest absolute Gasteiger partial charge is 0.360 e. The summed E-state index contributed by atoms with van der Waals surface area (Å²) in [5.74, 6) is -0.0183. The van der Waals surface area contributed by atoms with Crippen LogP contribution >= 0.6 is 11.6 Å². The lowest BCUT2D eigenvalue weighted by Gasteiger charge is -2.06. The Kier molecular flexibility index (Phi) is 3.89. The molecule has 0 N–H and O–H groups in total. The van der Waals surface area contributed by atoms with Gasteiger partial charge in [0.15, 0.2) is 11.5 Å². The Morgan fingerprint density at radius 2 is 1.86 bits per heavy atom. The van der Waals surface area contributed by atoms with Crippen LogP contribution in [0.5, 0.6) is 0 Å². The number of halogens is 1. The van der Waals surface area contributed by atoms with E-state index in [0.717, 1.165) is 5.56 Å². The summed E-state index contributed by atoms with van der Waals surface area (Å²) in [5, 5.41) is 4.51. The highest BCUT2D eigenvalue weighted by Crippen LogP contribution is 2.32. The number of esters is 1. The molecule has 0 atom stereocenters. The Balaban J connectivity index is 2.26. The quantitative estimate of drug-likeness (QED) is 0.696. The number of methoxy groups -OCH3 is 1. The van der Waals surface area contributed by atoms with Crippen molar-refractivity contribution >= 4 is 17.6 Å². The molecule has 22 heavy (non-hydrogen) atoms. The molecule has 2 aromatic heterocycles. The van der Waals surface area contributed by atoms with Gasteiger partial charge in [0.05, 0.1) is 12.8 Å². The van der Waals surface area contributed by atoms with Crippen LogP contribution in [-0.4, -0.2) is 27.8 Å². The first-order valence-corrected chi connectivity index (χ1v) is 6.94. The van der Waals surface area contributed by atoms with E-state index in [1.807, 2.05) is 36.4 Å². The van der Waals surface area contributed by atoms with E-state index < -0.39 is 5.97 Å². The van der Waals surface area contributed by atoms with Crippen LogP contribution in [0.2, 0.25) is 5.02 Å². The van der Waals surface area contributed by atoms with Gasteiger partial charge in [0.1, 0.15) is 5.02 Å². The van der Waals surface area contributed by atoms with Gasteiger partial charge in [-0.15, -0.1) is 0 Å². The Hall–Kier alpha value is -2.66. The van der Waals surface area contributed by atoms with Gasteiger partial charge in [-0.3, -0.25) is 0 Å². The van der Waals surface area contributed by atoms with Crippen LogP contribution in [0, 0.1) is 0 Å². The maximum Gasteiger partial charge on any atom is 0.360 e. The molecule has 0 radical (unpaired) electrons. The van der Waals surface area contributed by atoms with Crippen LogP contribution in [0.3, 0.4) is 0 Å². The first-order valence-electron chi connectivity index (χ1n) is 6.56. The molecule has 0 aliphatic carbocycles. The first-order chi connectivity index (χ1) is 10.7. The van der Waals surface area contributed by atoms with E-state index in [2.05, 4.69) is 10.1 Å². The summed E-state index contributed by atoms with van der Waals surface area (Å²) in [6, 6.07) is 14.9. The molecule has 0 saturated heterocycles. The van der Waals surface area contributed by atoms with Crippen molar-refractivity contribution in [1.82, 2.24) is 14.8 Å². The third-order valence-corrected chi connectivity index (χ3v) is 3.48. The fourth-order valence-electron chi connectivity index (χ4n) is 2.12. The van der Waals surface area contributed by atoms with Crippen molar-refractivity contribution in [3.63, 3.8) is 0 Å². The van der Waals surface area contributed by atoms with E-state index in [9.17, 15) is 4.79 Å². The number of hydrogen-bond acceptors (Lipinski definition) is 4. The van der Waals surface area contributed by atoms with Crippen molar-refractivity contribution in [2.75, 3.05) is 7.11 Å². The summed E-state index contributed by atoms with van der Waals surface area (Å²) >= 11 is 6.38. The molecule has 0 spiro atoms. The highest BCUT2D eigenvalue weighted by Gasteiger charge is 2.24. The Labute approximate surface area is 132 Å². The Morgan fingerprint density at radius 3 is 2.50 bits per heavy atom. The lowest BCUT2D eigenvalue weighted by atomic mass is 10.1. The van der Waals surface area contributed by atoms with E-state index in [4.69, 9.17) is 16.3 Å². The first kappa shape index (κ1) is 14.3. The molecule has 0 aliphatic rings. The topological polar surface area (TPSA) is 57.0 Å². The maximum absolute atomic E-state index is 11.9. The predicted octanol–water partition coefficient (Wildman–Crippen LogP) is 3.37. The van der Waals surface area contributed by atoms with Crippen LogP contribution in [-0.2, 0) is 4.74 Å². The minimum atomic E-state index is -0.586. The third-order valence-electron chi connectivity index (χ3n) is 3.12. The minimum Gasteiger partial charge on any atom is -0.464 e. The lowest BCUT2D eigenvalue weighted by molar-refractivity contribution is 0.0593. The summed E-state index contributed by atoms with van der Waals surface area (Å²) < 4.78 is 6.28. The molecular formula is C16H12ClN3O2. The average Bonchev–Trinajstić information content (AvgIpc) is 2.93. The normalized spacial score (nSPS) is 10.5. The van der Waals surface area contributed by atoms with E-state index in [1.165, 1.54) is 7.11 Å². The molecule has 0 bridgehead atoms. The van der Waals surface area contributed by atoms with Crippen molar-refractivity contribution in [3.05, 3.63) is 65.4 Å². The second-order valence-electron chi connectivity index (χ2n) is 4.47. The lowest BCUT2D eigenvalue weighted by Crippen LogP contribution is -2.05. The Morgan fingerprint density at radius 1 is 1.14 bits per heavy atom. The second-order valence-corrected chi connectivity index (χ2v) is 4.85. The second kappa shape index (κ2) is 5.99. The largest absolute Gasteiger partial charge is 0.464 e. The van der Waals surface area contributed by atoms with Crippen LogP contribution in [0.25, 0.3) is 17.1 Å². The number of rotatable bonds is 3. The molecule has 0 fully saturated rings. The minimum absolute atomic E-state index is 0.0636. The van der Waals surface area contributed by atoms with Gasteiger partial charge >= 0.3 is 5.97 Å². The van der Waals surface area contributed by atoms with E-state index in [0.29, 0.717) is 11.5 Å². The molecular weight excluding hydrogens is 302 g/mol. The van der Waals surface area contributed by atoms with Crippen molar-refractivity contribution in [2.24, 2.45) is 0 Å². The van der Waals surface area contributed by atoms with Crippen LogP contribution in [0.15, 0.2) is 54.7 Å². The van der Waals surface area contributed by atoms with Gasteiger partial charge in [-0.25, -0.2) is 14.5 Å². The maximum atomic E-state index is 11.9. The van der Waals surface area contributed by atoms with Gasteiger partial charge in [-0.1, -0.05) is 48.0 Å². The van der Waals surface area contributed by atoms with Gasteiger partial charge in [-0.05, 0) is 12.1 Å². The monoisotopic (exact) mass is 313 g/mol. The molecule has 0 aliphatic heterocycles. The molecule has 1 aromatic carbocycles. The number of pyridine rings is 1. The molecule has 3 rings (SSSR count). The number of hydrogen-bond donors (Lipinski definition) is 0. The third kappa shape index (κ3) is 2.46. The summed E-state index contributed by atoms with van der Waals surface area (Å²) in [6.07, 6.45) is 1.65. The number of aromatic nitrogens is 3. The molecule has 110 valence electrons. The molecule has 0 saturated carbocycles. The molecule has 6 heteroatoms. The number of benzene rings is 1. The summed E-state index contributed by atoms with van der Waals surface area (Å²) in [6.45, 7) is 0. The van der Waals surface area contributed by atoms with Gasteiger partial charge < -0.3 is 4.74 Å². The molecule has 0 unspecified atom stereocenters. The summed E-state index contributed by atoms with van der Waals surface area (Å²) in [4.78, 5) is 16.1. The van der Waals surface area contributed by atoms with Crippen molar-refractivity contribution in [2.45, 2.75) is 0 Å². The molecule has 0 amide bonds. The van der Waals surface area contributed by atoms with Crippen LogP contribution in [0.1, 0.15) is 10.5 Å². The van der Waals surface area contributed by atoms with Gasteiger partial charge in [0, 0.05) is 11.8 Å². The van der Waals surface area contributed by atoms with Crippen molar-refractivity contribution in [3.8, 4) is 17.1 Å². The van der Waals surface area contributed by atoms with E-state index >= 15 is 0 Å². The van der Waals surface area contributed by atoms with Crippen LogP contribution < -0.4 is 0 Å². The predicted molar refractivity (Wildman–Crippen MR) is 83.1 cm³/mol. The van der Waals surface area contributed by atoms with Crippen LogP contribution in [0.4, 0.5) is 0 Å². The van der Waals surface area contributed by atoms with Crippen molar-refractivity contribution in [1.29, 1.82) is 0 Å². The zero-order chi connectivity index (χ0) is 15.5. The Bertz CT molecular complexity index is 801. The van der Waals surface area contributed by atoms with E-state index in [-0.39, 0.29) is 10.7 Å². The zero-order valence-electron chi connectivity index (χ0n) is 11.7. The molecule has 2 heterocycles. The number of nitrogens with zero attached hydrogens (tertiary/aromatic N) is 3. The van der Waals surface area contributed by atoms with E-state index in [1.54, 1.807) is 23.0 Å². The van der Waals surface area contributed by atoms with Gasteiger partial charge in [-0.2, -0.15) is 5.10 Å². The number of carbonyl (C=O) groups is 1. The standard InChI is InChI=1S/C16H12ClN3O2/c1-22-16(21)14-13(17)15(11-7-3-2-4-8-11)20(19-14)12-9-5-6-10-18-12/h2-10H,1H3. The molecule has 5 nitrogen and oxygen atoms in total. The van der Waals surface area contributed by atoms with Gasteiger partial charge in [0.2, 0.25) is 0 Å². The average molecular weight is 314 g/mol. The fourth-order valence-corrected chi connectivity index (χ4v) is 2.42. The number of carbonyl (C=O) groups excluding carboxylic acids is 1. The highest BCUT2D eigenvalue weighted by atomic mass is 35.5. The summed E-state index contributed by atoms with van der Waals surface area (Å²) in [5.41, 5.74) is 1.50. The zero-order valence-corrected chi connectivity index (χ0v) is 12.5. The number of ether oxygens (including phenoxy) is 1.